The molecule has 0 amide bonds. The van der Waals surface area contributed by atoms with Gasteiger partial charge in [0.15, 0.2) is 0 Å². The van der Waals surface area contributed by atoms with Gasteiger partial charge in [-0.3, -0.25) is 4.79 Å². The van der Waals surface area contributed by atoms with Crippen molar-refractivity contribution in [1.29, 1.82) is 0 Å². The fourth-order valence-electron chi connectivity index (χ4n) is 0.531. The van der Waals surface area contributed by atoms with Crippen LogP contribution in [0.3, 0.4) is 0 Å². The second-order valence-corrected chi connectivity index (χ2v) is 1.97. The minimum atomic E-state index is -1.37. The van der Waals surface area contributed by atoms with E-state index in [9.17, 15) is 9.18 Å². The highest BCUT2D eigenvalue weighted by Gasteiger charge is 2.14. The third-order valence-electron chi connectivity index (χ3n) is 1.18. The fourth-order valence-corrected chi connectivity index (χ4v) is 0.531. The number of aliphatic hydroxyl groups is 1. The lowest BCUT2D eigenvalue weighted by Crippen LogP contribution is -2.14. The van der Waals surface area contributed by atoms with Gasteiger partial charge in [-0.05, 0) is 6.92 Å². The van der Waals surface area contributed by atoms with Gasteiger partial charge < -0.3 is 9.84 Å². The van der Waals surface area contributed by atoms with Gasteiger partial charge in [-0.1, -0.05) is 6.08 Å². The quantitative estimate of drug-likeness (QED) is 0.624. The highest BCUT2D eigenvalue weighted by atomic mass is 19.1. The first kappa shape index (κ1) is 10.1. The number of esters is 1. The van der Waals surface area contributed by atoms with E-state index in [0.29, 0.717) is 0 Å². The van der Waals surface area contributed by atoms with E-state index in [1.165, 1.54) is 14.0 Å². The summed E-state index contributed by atoms with van der Waals surface area (Å²) < 4.78 is 16.6. The summed E-state index contributed by atoms with van der Waals surface area (Å²) in [6.45, 7) is 1.44. The average Bonchev–Trinajstić information content (AvgIpc) is 2.02. The molecule has 0 spiro atoms. The predicted octanol–water partition coefficient (Wildman–Crippen LogP) is 0.784. The number of methoxy groups -OCH3 is 1. The molecule has 0 radical (unpaired) electrons. The number of carbonyl (C=O) groups excluding carboxylic acids is 1. The Labute approximate surface area is 64.5 Å². The smallest absolute Gasteiger partial charge is 0.308 e. The number of aliphatic hydroxyl groups excluding tert-OH is 1. The van der Waals surface area contributed by atoms with Gasteiger partial charge in [-0.25, -0.2) is 4.39 Å². The molecular formula is C7H11FO3. The van der Waals surface area contributed by atoms with Crippen molar-refractivity contribution in [1.82, 2.24) is 0 Å². The molecule has 0 aliphatic heterocycles. The molecule has 1 atom stereocenters. The summed E-state index contributed by atoms with van der Waals surface area (Å²) in [7, 11) is 1.18. The zero-order valence-corrected chi connectivity index (χ0v) is 6.50. The van der Waals surface area contributed by atoms with Crippen LogP contribution in [0.5, 0.6) is 0 Å². The van der Waals surface area contributed by atoms with Gasteiger partial charge in [0.2, 0.25) is 0 Å². The highest BCUT2D eigenvalue weighted by Crippen LogP contribution is 2.07. The summed E-state index contributed by atoms with van der Waals surface area (Å²) >= 11 is 0. The van der Waals surface area contributed by atoms with E-state index in [4.69, 9.17) is 5.11 Å². The Bertz CT molecular complexity index is 165. The van der Waals surface area contributed by atoms with E-state index in [2.05, 4.69) is 4.74 Å². The van der Waals surface area contributed by atoms with Crippen LogP contribution in [-0.2, 0) is 9.53 Å². The van der Waals surface area contributed by atoms with E-state index in [1.54, 1.807) is 0 Å². The van der Waals surface area contributed by atoms with Crippen LogP contribution in [0.25, 0.3) is 0 Å². The predicted molar refractivity (Wildman–Crippen MR) is 37.5 cm³/mol. The Kier molecular flexibility index (Phi) is 4.45. The summed E-state index contributed by atoms with van der Waals surface area (Å²) in [5.41, 5.74) is 0. The van der Waals surface area contributed by atoms with Gasteiger partial charge in [0.25, 0.3) is 0 Å². The van der Waals surface area contributed by atoms with E-state index in [0.717, 1.165) is 6.08 Å². The van der Waals surface area contributed by atoms with Gasteiger partial charge in [0, 0.05) is 0 Å². The molecule has 3 nitrogen and oxygen atoms in total. The lowest BCUT2D eigenvalue weighted by atomic mass is 10.2. The maximum atomic E-state index is 12.4. The van der Waals surface area contributed by atoms with Crippen LogP contribution in [0.1, 0.15) is 13.3 Å². The first-order chi connectivity index (χ1) is 5.11. The minimum Gasteiger partial charge on any atom is -0.469 e. The van der Waals surface area contributed by atoms with Crippen LogP contribution in [0, 0.1) is 0 Å². The number of halogens is 1. The van der Waals surface area contributed by atoms with Crippen molar-refractivity contribution in [3.8, 4) is 0 Å². The summed E-state index contributed by atoms with van der Waals surface area (Å²) in [5, 5.41) is 8.88. The molecule has 1 N–H and O–H groups in total. The van der Waals surface area contributed by atoms with Crippen LogP contribution in [0.15, 0.2) is 11.9 Å². The maximum absolute atomic E-state index is 12.4. The molecule has 0 bridgehead atoms. The number of rotatable bonds is 3. The van der Waals surface area contributed by atoms with E-state index >= 15 is 0 Å². The highest BCUT2D eigenvalue weighted by molar-refractivity contribution is 5.70. The van der Waals surface area contributed by atoms with E-state index < -0.39 is 17.9 Å². The molecule has 1 unspecified atom stereocenters. The molecule has 64 valence electrons. The first-order valence-corrected chi connectivity index (χ1v) is 3.18. The van der Waals surface area contributed by atoms with Gasteiger partial charge in [0.1, 0.15) is 11.9 Å². The third-order valence-corrected chi connectivity index (χ3v) is 1.18. The molecule has 0 heterocycles. The zero-order chi connectivity index (χ0) is 8.85. The van der Waals surface area contributed by atoms with Crippen molar-refractivity contribution in [3.05, 3.63) is 11.9 Å². The van der Waals surface area contributed by atoms with Crippen molar-refractivity contribution in [2.75, 3.05) is 7.11 Å². The van der Waals surface area contributed by atoms with Crippen molar-refractivity contribution < 1.29 is 19.0 Å². The van der Waals surface area contributed by atoms with Crippen LogP contribution < -0.4 is 0 Å². The second-order valence-electron chi connectivity index (χ2n) is 1.97. The lowest BCUT2D eigenvalue weighted by molar-refractivity contribution is -0.142. The SMILES string of the molecule is C/C=C(\F)C(O)CC(=O)OC. The Morgan fingerprint density at radius 3 is 2.73 bits per heavy atom. The second kappa shape index (κ2) is 4.85. The monoisotopic (exact) mass is 162 g/mol. The molecular weight excluding hydrogens is 151 g/mol. The lowest BCUT2D eigenvalue weighted by Gasteiger charge is -2.05. The Hall–Kier alpha value is -0.900. The normalized spacial score (nSPS) is 14.4. The number of allylic oxidation sites excluding steroid dienone is 1. The molecule has 0 saturated carbocycles. The summed E-state index contributed by atoms with van der Waals surface area (Å²) in [6, 6.07) is 0. The molecule has 0 aliphatic rings. The molecule has 0 aromatic heterocycles. The Morgan fingerprint density at radius 1 is 1.82 bits per heavy atom. The third kappa shape index (κ3) is 3.72. The van der Waals surface area contributed by atoms with Gasteiger partial charge >= 0.3 is 5.97 Å². The summed E-state index contributed by atoms with van der Waals surface area (Å²) in [5.74, 6) is -1.34. The van der Waals surface area contributed by atoms with Gasteiger partial charge in [-0.2, -0.15) is 0 Å². The standard InChI is InChI=1S/C7H11FO3/c1-3-5(8)6(9)4-7(10)11-2/h3,6,9H,4H2,1-2H3/b5-3-. The van der Waals surface area contributed by atoms with Gasteiger partial charge in [-0.15, -0.1) is 0 Å². The molecule has 11 heavy (non-hydrogen) atoms. The number of hydrogen-bond acceptors (Lipinski definition) is 3. The average molecular weight is 162 g/mol. The number of ether oxygens (including phenoxy) is 1. The molecule has 0 aromatic carbocycles. The first-order valence-electron chi connectivity index (χ1n) is 3.18. The van der Waals surface area contributed by atoms with Crippen LogP contribution >= 0.6 is 0 Å². The minimum absolute atomic E-state index is 0.341. The van der Waals surface area contributed by atoms with Crippen molar-refractivity contribution in [2.24, 2.45) is 0 Å². The fraction of sp³-hybridized carbons (Fsp3) is 0.571. The van der Waals surface area contributed by atoms with E-state index in [-0.39, 0.29) is 6.42 Å². The maximum Gasteiger partial charge on any atom is 0.308 e. The number of carbonyl (C=O) groups is 1. The molecule has 4 heteroatoms. The van der Waals surface area contributed by atoms with Crippen LogP contribution in [0.4, 0.5) is 4.39 Å². The molecule has 0 fully saturated rings. The van der Waals surface area contributed by atoms with Crippen molar-refractivity contribution >= 4 is 5.97 Å². The number of hydrogen-bond donors (Lipinski definition) is 1. The van der Waals surface area contributed by atoms with Gasteiger partial charge in [0.05, 0.1) is 13.5 Å². The summed E-state index contributed by atoms with van der Waals surface area (Å²) in [4.78, 5) is 10.5. The largest absolute Gasteiger partial charge is 0.469 e. The van der Waals surface area contributed by atoms with Crippen molar-refractivity contribution in [2.45, 2.75) is 19.4 Å². The van der Waals surface area contributed by atoms with E-state index in [1.807, 2.05) is 0 Å². The molecule has 0 rings (SSSR count). The molecule has 0 aromatic rings. The zero-order valence-electron chi connectivity index (χ0n) is 6.50. The molecule has 0 saturated heterocycles. The Balaban J connectivity index is 3.87. The summed E-state index contributed by atoms with van der Waals surface area (Å²) in [6.07, 6.45) is -0.604. The topological polar surface area (TPSA) is 46.5 Å². The van der Waals surface area contributed by atoms with Crippen LogP contribution in [-0.4, -0.2) is 24.3 Å². The Morgan fingerprint density at radius 2 is 2.36 bits per heavy atom. The van der Waals surface area contributed by atoms with Crippen molar-refractivity contribution in [3.63, 3.8) is 0 Å². The molecule has 0 aliphatic carbocycles. The van der Waals surface area contributed by atoms with Crippen LogP contribution in [0.2, 0.25) is 0 Å².